The number of aromatic nitrogens is 1. The van der Waals surface area contributed by atoms with Crippen LogP contribution >= 0.6 is 0 Å². The molecule has 0 unspecified atom stereocenters. The molecule has 8 heteroatoms. The van der Waals surface area contributed by atoms with Crippen LogP contribution in [0.1, 0.15) is 35.9 Å². The molecule has 0 saturated heterocycles. The molecule has 7 nitrogen and oxygen atoms in total. The molecular weight excluding hydrogens is 329 g/mol. The fourth-order valence-corrected chi connectivity index (χ4v) is 2.05. The average molecular weight is 347 g/mol. The van der Waals surface area contributed by atoms with E-state index in [2.05, 4.69) is 15.8 Å². The van der Waals surface area contributed by atoms with Gasteiger partial charge >= 0.3 is 0 Å². The maximum Gasteiger partial charge on any atom is 0.247 e. The number of nitrogens with one attached hydrogen (secondary N) is 2. The van der Waals surface area contributed by atoms with Gasteiger partial charge in [0.25, 0.3) is 0 Å². The molecule has 1 atom stereocenters. The smallest absolute Gasteiger partial charge is 0.247 e. The third kappa shape index (κ3) is 5.52. The van der Waals surface area contributed by atoms with Crippen molar-refractivity contribution >= 4 is 23.4 Å². The Balaban J connectivity index is 1.77. The third-order valence-electron chi connectivity index (χ3n) is 3.40. The molecule has 0 spiro atoms. The van der Waals surface area contributed by atoms with E-state index in [1.165, 1.54) is 31.2 Å². The van der Waals surface area contributed by atoms with Crippen LogP contribution in [0.25, 0.3) is 0 Å². The van der Waals surface area contributed by atoms with Gasteiger partial charge in [-0.3, -0.25) is 14.4 Å². The molecule has 25 heavy (non-hydrogen) atoms. The number of rotatable bonds is 7. The second-order valence-corrected chi connectivity index (χ2v) is 5.53. The van der Waals surface area contributed by atoms with Crippen LogP contribution in [-0.4, -0.2) is 28.8 Å². The van der Waals surface area contributed by atoms with E-state index in [9.17, 15) is 18.8 Å². The SMILES string of the molecule is Cc1cc(NC(=O)[C@H](C)NC(=O)CCC(=O)c2ccc(F)cc2)no1. The number of amides is 2. The summed E-state index contributed by atoms with van der Waals surface area (Å²) in [5.74, 6) is -0.788. The summed E-state index contributed by atoms with van der Waals surface area (Å²) in [4.78, 5) is 35.7. The van der Waals surface area contributed by atoms with Crippen molar-refractivity contribution in [3.8, 4) is 0 Å². The Kier molecular flexibility index (Phi) is 5.99. The van der Waals surface area contributed by atoms with Crippen LogP contribution in [0.4, 0.5) is 10.2 Å². The topological polar surface area (TPSA) is 101 Å². The highest BCUT2D eigenvalue weighted by molar-refractivity contribution is 5.99. The lowest BCUT2D eigenvalue weighted by atomic mass is 10.1. The van der Waals surface area contributed by atoms with Crippen LogP contribution in [0, 0.1) is 12.7 Å². The summed E-state index contributed by atoms with van der Waals surface area (Å²) in [5, 5.41) is 8.63. The Morgan fingerprint density at radius 3 is 2.48 bits per heavy atom. The van der Waals surface area contributed by atoms with E-state index in [4.69, 9.17) is 4.52 Å². The molecule has 2 rings (SSSR count). The molecule has 0 bridgehead atoms. The summed E-state index contributed by atoms with van der Waals surface area (Å²) < 4.78 is 17.6. The molecule has 1 aromatic carbocycles. The van der Waals surface area contributed by atoms with Crippen LogP contribution in [0.15, 0.2) is 34.9 Å². The van der Waals surface area contributed by atoms with Crippen LogP contribution in [-0.2, 0) is 9.59 Å². The van der Waals surface area contributed by atoms with Gasteiger partial charge in [0.15, 0.2) is 11.6 Å². The average Bonchev–Trinajstić information content (AvgIpc) is 2.98. The van der Waals surface area contributed by atoms with Gasteiger partial charge in [0, 0.05) is 24.5 Å². The summed E-state index contributed by atoms with van der Waals surface area (Å²) in [5.41, 5.74) is 0.335. The van der Waals surface area contributed by atoms with Crippen molar-refractivity contribution in [1.29, 1.82) is 0 Å². The fraction of sp³-hybridized carbons (Fsp3) is 0.294. The number of halogens is 1. The minimum atomic E-state index is -0.801. The van der Waals surface area contributed by atoms with Gasteiger partial charge in [0.2, 0.25) is 11.8 Å². The van der Waals surface area contributed by atoms with Gasteiger partial charge in [0.1, 0.15) is 17.6 Å². The number of carbonyl (C=O) groups is 3. The summed E-state index contributed by atoms with van der Waals surface area (Å²) in [7, 11) is 0. The first-order valence-corrected chi connectivity index (χ1v) is 7.67. The highest BCUT2D eigenvalue weighted by Crippen LogP contribution is 2.09. The molecule has 0 aliphatic carbocycles. The molecule has 0 fully saturated rings. The zero-order valence-electron chi connectivity index (χ0n) is 13.8. The van der Waals surface area contributed by atoms with E-state index in [1.54, 1.807) is 13.0 Å². The highest BCUT2D eigenvalue weighted by Gasteiger charge is 2.18. The van der Waals surface area contributed by atoms with Crippen LogP contribution < -0.4 is 10.6 Å². The minimum Gasteiger partial charge on any atom is -0.360 e. The number of Topliss-reactive ketones (excluding diaryl/α,β-unsaturated/α-hetero) is 1. The maximum atomic E-state index is 12.8. The predicted octanol–water partition coefficient (Wildman–Crippen LogP) is 2.23. The molecule has 1 heterocycles. The first-order valence-electron chi connectivity index (χ1n) is 7.67. The molecule has 2 amide bonds. The van der Waals surface area contributed by atoms with Crippen molar-refractivity contribution in [2.45, 2.75) is 32.7 Å². The lowest BCUT2D eigenvalue weighted by Gasteiger charge is -2.12. The Morgan fingerprint density at radius 1 is 1.20 bits per heavy atom. The summed E-state index contributed by atoms with van der Waals surface area (Å²) in [6.07, 6.45) is -0.106. The van der Waals surface area contributed by atoms with Crippen molar-refractivity contribution in [2.75, 3.05) is 5.32 Å². The molecule has 132 valence electrons. The van der Waals surface area contributed by atoms with Crippen molar-refractivity contribution in [1.82, 2.24) is 10.5 Å². The number of benzene rings is 1. The van der Waals surface area contributed by atoms with E-state index in [0.29, 0.717) is 11.3 Å². The lowest BCUT2D eigenvalue weighted by Crippen LogP contribution is -2.41. The highest BCUT2D eigenvalue weighted by atomic mass is 19.1. The Hall–Kier alpha value is -3.03. The minimum absolute atomic E-state index is 0.0334. The van der Waals surface area contributed by atoms with Gasteiger partial charge < -0.3 is 15.2 Å². The normalized spacial score (nSPS) is 11.6. The Bertz CT molecular complexity index is 770. The van der Waals surface area contributed by atoms with Crippen molar-refractivity contribution in [3.05, 3.63) is 47.5 Å². The van der Waals surface area contributed by atoms with Gasteiger partial charge in [-0.05, 0) is 38.1 Å². The standard InChI is InChI=1S/C17H18FN3O4/c1-10-9-15(21-25-10)20-17(24)11(2)19-16(23)8-7-14(22)12-3-5-13(18)6-4-12/h3-6,9,11H,7-8H2,1-2H3,(H,19,23)(H,20,21,24)/t11-/m0/s1. The molecule has 1 aromatic heterocycles. The number of aryl methyl sites for hydroxylation is 1. The maximum absolute atomic E-state index is 12.8. The van der Waals surface area contributed by atoms with Gasteiger partial charge in [-0.15, -0.1) is 0 Å². The number of anilines is 1. The third-order valence-corrected chi connectivity index (χ3v) is 3.40. The van der Waals surface area contributed by atoms with Gasteiger partial charge in [-0.25, -0.2) is 4.39 Å². The van der Waals surface area contributed by atoms with E-state index < -0.39 is 23.7 Å². The zero-order valence-corrected chi connectivity index (χ0v) is 13.8. The molecule has 0 saturated carbocycles. The van der Waals surface area contributed by atoms with Crippen molar-refractivity contribution in [3.63, 3.8) is 0 Å². The van der Waals surface area contributed by atoms with Crippen molar-refractivity contribution in [2.24, 2.45) is 0 Å². The monoisotopic (exact) mass is 347 g/mol. The van der Waals surface area contributed by atoms with Gasteiger partial charge in [-0.1, -0.05) is 5.16 Å². The Labute approximate surface area is 143 Å². The molecule has 0 aliphatic rings. The molecule has 2 N–H and O–H groups in total. The number of hydrogen-bond acceptors (Lipinski definition) is 5. The Morgan fingerprint density at radius 2 is 1.88 bits per heavy atom. The lowest BCUT2D eigenvalue weighted by molar-refractivity contribution is -0.126. The summed E-state index contributed by atoms with van der Waals surface area (Å²) >= 11 is 0. The van der Waals surface area contributed by atoms with Crippen molar-refractivity contribution < 1.29 is 23.3 Å². The van der Waals surface area contributed by atoms with Crippen LogP contribution in [0.3, 0.4) is 0 Å². The second kappa shape index (κ2) is 8.18. The predicted molar refractivity (Wildman–Crippen MR) is 87.4 cm³/mol. The summed E-state index contributed by atoms with van der Waals surface area (Å²) in [6.45, 7) is 3.20. The molecule has 0 aliphatic heterocycles. The van der Waals surface area contributed by atoms with E-state index in [1.807, 2.05) is 0 Å². The molecular formula is C17H18FN3O4. The quantitative estimate of drug-likeness (QED) is 0.748. The number of nitrogens with zero attached hydrogens (tertiary/aromatic N) is 1. The van der Waals surface area contributed by atoms with E-state index >= 15 is 0 Å². The number of hydrogen-bond donors (Lipinski definition) is 2. The largest absolute Gasteiger partial charge is 0.360 e. The number of carbonyl (C=O) groups excluding carboxylic acids is 3. The first-order chi connectivity index (χ1) is 11.8. The molecule has 0 radical (unpaired) electrons. The summed E-state index contributed by atoms with van der Waals surface area (Å²) in [6, 6.07) is 5.85. The van der Waals surface area contributed by atoms with Crippen LogP contribution in [0.5, 0.6) is 0 Å². The van der Waals surface area contributed by atoms with Crippen LogP contribution in [0.2, 0.25) is 0 Å². The van der Waals surface area contributed by atoms with E-state index in [0.717, 1.165) is 0 Å². The first kappa shape index (κ1) is 18.3. The molecule has 2 aromatic rings. The second-order valence-electron chi connectivity index (χ2n) is 5.53. The van der Waals surface area contributed by atoms with Gasteiger partial charge in [-0.2, -0.15) is 0 Å². The van der Waals surface area contributed by atoms with Gasteiger partial charge in [0.05, 0.1) is 0 Å². The fourth-order valence-electron chi connectivity index (χ4n) is 2.05. The number of ketones is 1. The zero-order chi connectivity index (χ0) is 18.4. The van der Waals surface area contributed by atoms with E-state index in [-0.39, 0.29) is 24.4 Å².